The molecule has 3 unspecified atom stereocenters. The van der Waals surface area contributed by atoms with E-state index in [1.165, 1.54) is 0 Å². The Morgan fingerprint density at radius 2 is 2.44 bits per heavy atom. The molecular weight excluding hydrogens is 226 g/mol. The smallest absolute Gasteiger partial charge is 0.308 e. The molecule has 0 bridgehead atoms. The average molecular weight is 241 g/mol. The predicted octanol–water partition coefficient (Wildman–Crippen LogP) is 1.23. The molecule has 1 heterocycles. The normalized spacial score (nSPS) is 26.1. The summed E-state index contributed by atoms with van der Waals surface area (Å²) in [5.74, 6) is -1.02. The summed E-state index contributed by atoms with van der Waals surface area (Å²) in [7, 11) is 0. The molecule has 2 rings (SSSR count). The molecule has 4 nitrogen and oxygen atoms in total. The third-order valence-corrected chi connectivity index (χ3v) is 3.79. The maximum absolute atomic E-state index is 10.8. The summed E-state index contributed by atoms with van der Waals surface area (Å²) >= 11 is 1.55. The molecule has 1 aliphatic carbocycles. The SMILES string of the molecule is O=C(O)C1CCC1NCC(O)c1ccsc1. The van der Waals surface area contributed by atoms with Crippen LogP contribution in [0.25, 0.3) is 0 Å². The highest BCUT2D eigenvalue weighted by molar-refractivity contribution is 7.07. The van der Waals surface area contributed by atoms with Crippen molar-refractivity contribution in [3.63, 3.8) is 0 Å². The van der Waals surface area contributed by atoms with Crippen LogP contribution in [0, 0.1) is 5.92 Å². The zero-order chi connectivity index (χ0) is 11.5. The Morgan fingerprint density at radius 1 is 1.62 bits per heavy atom. The van der Waals surface area contributed by atoms with Gasteiger partial charge >= 0.3 is 5.97 Å². The summed E-state index contributed by atoms with van der Waals surface area (Å²) in [6.07, 6.45) is 1.08. The molecular formula is C11H15NO3S. The second-order valence-electron chi connectivity index (χ2n) is 4.11. The van der Waals surface area contributed by atoms with Crippen molar-refractivity contribution < 1.29 is 15.0 Å². The molecule has 1 aliphatic rings. The zero-order valence-electron chi connectivity index (χ0n) is 8.80. The minimum absolute atomic E-state index is 0.0192. The number of aliphatic hydroxyl groups excluding tert-OH is 1. The lowest BCUT2D eigenvalue weighted by Crippen LogP contribution is -2.48. The molecule has 1 saturated carbocycles. The lowest BCUT2D eigenvalue weighted by atomic mass is 9.79. The Morgan fingerprint density at radius 3 is 2.94 bits per heavy atom. The number of thiophene rings is 1. The van der Waals surface area contributed by atoms with E-state index in [4.69, 9.17) is 5.11 Å². The number of aliphatic hydroxyl groups is 1. The topological polar surface area (TPSA) is 69.6 Å². The van der Waals surface area contributed by atoms with E-state index in [1.807, 2.05) is 16.8 Å². The second-order valence-corrected chi connectivity index (χ2v) is 4.89. The van der Waals surface area contributed by atoms with Crippen molar-refractivity contribution in [3.8, 4) is 0 Å². The van der Waals surface area contributed by atoms with Crippen LogP contribution in [0.4, 0.5) is 0 Å². The highest BCUT2D eigenvalue weighted by Gasteiger charge is 2.36. The maximum atomic E-state index is 10.8. The Bertz CT molecular complexity index is 352. The first-order valence-electron chi connectivity index (χ1n) is 5.35. The van der Waals surface area contributed by atoms with Gasteiger partial charge in [0.1, 0.15) is 0 Å². The van der Waals surface area contributed by atoms with E-state index < -0.39 is 12.1 Å². The summed E-state index contributed by atoms with van der Waals surface area (Å²) in [6, 6.07) is 1.90. The Balaban J connectivity index is 1.78. The van der Waals surface area contributed by atoms with E-state index in [0.29, 0.717) is 6.54 Å². The average Bonchev–Trinajstić information content (AvgIpc) is 2.67. The van der Waals surface area contributed by atoms with Crippen molar-refractivity contribution in [2.24, 2.45) is 5.92 Å². The molecule has 0 amide bonds. The van der Waals surface area contributed by atoms with Gasteiger partial charge in [-0.1, -0.05) is 0 Å². The third kappa shape index (κ3) is 2.42. The van der Waals surface area contributed by atoms with Crippen molar-refractivity contribution in [1.82, 2.24) is 5.32 Å². The minimum Gasteiger partial charge on any atom is -0.481 e. The van der Waals surface area contributed by atoms with Crippen LogP contribution in [-0.2, 0) is 4.79 Å². The van der Waals surface area contributed by atoms with Gasteiger partial charge in [-0.25, -0.2) is 0 Å². The van der Waals surface area contributed by atoms with Gasteiger partial charge in [-0.3, -0.25) is 4.79 Å². The number of hydrogen-bond acceptors (Lipinski definition) is 4. The number of carbonyl (C=O) groups is 1. The summed E-state index contributed by atoms with van der Waals surface area (Å²) in [5, 5.41) is 25.6. The molecule has 5 heteroatoms. The van der Waals surface area contributed by atoms with E-state index in [0.717, 1.165) is 18.4 Å². The molecule has 0 spiro atoms. The molecule has 3 N–H and O–H groups in total. The van der Waals surface area contributed by atoms with Gasteiger partial charge in [-0.15, -0.1) is 0 Å². The highest BCUT2D eigenvalue weighted by Crippen LogP contribution is 2.28. The highest BCUT2D eigenvalue weighted by atomic mass is 32.1. The number of carboxylic acids is 1. The van der Waals surface area contributed by atoms with E-state index in [-0.39, 0.29) is 12.0 Å². The molecule has 1 aromatic rings. The Labute approximate surface area is 97.9 Å². The lowest BCUT2D eigenvalue weighted by Gasteiger charge is -2.34. The van der Waals surface area contributed by atoms with Gasteiger partial charge in [-0.2, -0.15) is 11.3 Å². The van der Waals surface area contributed by atoms with Crippen LogP contribution in [0.5, 0.6) is 0 Å². The lowest BCUT2D eigenvalue weighted by molar-refractivity contribution is -0.146. The quantitative estimate of drug-likeness (QED) is 0.725. The maximum Gasteiger partial charge on any atom is 0.308 e. The fourth-order valence-electron chi connectivity index (χ4n) is 1.89. The van der Waals surface area contributed by atoms with Gasteiger partial charge in [0.05, 0.1) is 12.0 Å². The predicted molar refractivity (Wildman–Crippen MR) is 61.4 cm³/mol. The number of nitrogens with one attached hydrogen (secondary N) is 1. The summed E-state index contributed by atoms with van der Waals surface area (Å²) in [6.45, 7) is 0.422. The van der Waals surface area contributed by atoms with Crippen molar-refractivity contribution in [1.29, 1.82) is 0 Å². The van der Waals surface area contributed by atoms with Gasteiger partial charge in [0.2, 0.25) is 0 Å². The molecule has 1 aromatic heterocycles. The molecule has 1 fully saturated rings. The van der Waals surface area contributed by atoms with Crippen molar-refractivity contribution in [3.05, 3.63) is 22.4 Å². The first-order chi connectivity index (χ1) is 7.68. The van der Waals surface area contributed by atoms with Gasteiger partial charge in [-0.05, 0) is 35.2 Å². The van der Waals surface area contributed by atoms with E-state index in [1.54, 1.807) is 11.3 Å². The number of hydrogen-bond donors (Lipinski definition) is 3. The zero-order valence-corrected chi connectivity index (χ0v) is 9.61. The first kappa shape index (κ1) is 11.6. The molecule has 16 heavy (non-hydrogen) atoms. The largest absolute Gasteiger partial charge is 0.481 e. The van der Waals surface area contributed by atoms with Crippen LogP contribution >= 0.6 is 11.3 Å². The molecule has 88 valence electrons. The van der Waals surface area contributed by atoms with Crippen LogP contribution in [-0.4, -0.2) is 28.8 Å². The molecule has 0 radical (unpaired) electrons. The van der Waals surface area contributed by atoms with Crippen molar-refractivity contribution >= 4 is 17.3 Å². The molecule has 3 atom stereocenters. The van der Waals surface area contributed by atoms with Crippen LogP contribution in [0.2, 0.25) is 0 Å². The fourth-order valence-corrected chi connectivity index (χ4v) is 2.59. The van der Waals surface area contributed by atoms with Crippen molar-refractivity contribution in [2.45, 2.75) is 25.0 Å². The molecule has 0 aliphatic heterocycles. The first-order valence-corrected chi connectivity index (χ1v) is 6.29. The fraction of sp³-hybridized carbons (Fsp3) is 0.545. The second kappa shape index (κ2) is 4.95. The number of rotatable bonds is 5. The standard InChI is InChI=1S/C11H15NO3S/c13-10(7-3-4-16-6-7)5-12-9-2-1-8(9)11(14)15/h3-4,6,8-10,12-13H,1-2,5H2,(H,14,15). The summed E-state index contributed by atoms with van der Waals surface area (Å²) < 4.78 is 0. The number of carboxylic acid groups (broad SMARTS) is 1. The van der Waals surface area contributed by atoms with Gasteiger partial charge in [0.15, 0.2) is 0 Å². The monoisotopic (exact) mass is 241 g/mol. The summed E-state index contributed by atoms with van der Waals surface area (Å²) in [5.41, 5.74) is 0.892. The van der Waals surface area contributed by atoms with E-state index in [2.05, 4.69) is 5.32 Å². The third-order valence-electron chi connectivity index (χ3n) is 3.09. The number of aliphatic carboxylic acids is 1. The Kier molecular flexibility index (Phi) is 3.58. The summed E-state index contributed by atoms with van der Waals surface area (Å²) in [4.78, 5) is 10.8. The van der Waals surface area contributed by atoms with Crippen molar-refractivity contribution in [2.75, 3.05) is 6.54 Å². The van der Waals surface area contributed by atoms with E-state index >= 15 is 0 Å². The van der Waals surface area contributed by atoms with Gasteiger partial charge in [0.25, 0.3) is 0 Å². The minimum atomic E-state index is -0.742. The van der Waals surface area contributed by atoms with Crippen LogP contribution in [0.1, 0.15) is 24.5 Å². The molecule has 0 aromatic carbocycles. The van der Waals surface area contributed by atoms with Crippen LogP contribution in [0.15, 0.2) is 16.8 Å². The van der Waals surface area contributed by atoms with Crippen LogP contribution in [0.3, 0.4) is 0 Å². The van der Waals surface area contributed by atoms with E-state index in [9.17, 15) is 9.90 Å². The van der Waals surface area contributed by atoms with Gasteiger partial charge < -0.3 is 15.5 Å². The van der Waals surface area contributed by atoms with Crippen LogP contribution < -0.4 is 5.32 Å². The molecule has 0 saturated heterocycles. The van der Waals surface area contributed by atoms with Gasteiger partial charge in [0, 0.05) is 12.6 Å². The Hall–Kier alpha value is -0.910.